The standard InChI is InChI=1S/C27H23FN6O/c1-16-5-4-6-18-13-19(34(27(35)23(16)18)22-8-3-2-7-20(22)28)14-31-26-24(25(30)32-15-33-26)21(29)12-11-17-9-10-17/h2-8,13,15,17,29H,9-10,14H2,1H3,(H3,30,31,32,33). The molecule has 2 heterocycles. The molecule has 0 radical (unpaired) electrons. The van der Waals surface area contributed by atoms with E-state index in [1.165, 1.54) is 17.0 Å². The molecule has 8 heteroatoms. The molecule has 5 rings (SSSR count). The van der Waals surface area contributed by atoms with Crippen LogP contribution in [-0.4, -0.2) is 20.2 Å². The maximum Gasteiger partial charge on any atom is 0.263 e. The van der Waals surface area contributed by atoms with E-state index in [0.29, 0.717) is 28.4 Å². The summed E-state index contributed by atoms with van der Waals surface area (Å²) in [6.45, 7) is 1.98. The summed E-state index contributed by atoms with van der Waals surface area (Å²) in [5.41, 5.74) is 7.57. The molecule has 1 aliphatic rings. The van der Waals surface area contributed by atoms with Crippen LogP contribution < -0.4 is 16.6 Å². The number of nitrogens with two attached hydrogens (primary N) is 1. The highest BCUT2D eigenvalue weighted by molar-refractivity contribution is 6.16. The molecule has 0 spiro atoms. The third-order valence-corrected chi connectivity index (χ3v) is 5.97. The normalized spacial score (nSPS) is 12.7. The van der Waals surface area contributed by atoms with Gasteiger partial charge in [-0.15, -0.1) is 0 Å². The zero-order valence-electron chi connectivity index (χ0n) is 19.1. The number of pyridine rings is 1. The van der Waals surface area contributed by atoms with E-state index in [-0.39, 0.29) is 29.3 Å². The molecule has 0 atom stereocenters. The summed E-state index contributed by atoms with van der Waals surface area (Å²) in [5.74, 6) is 6.19. The summed E-state index contributed by atoms with van der Waals surface area (Å²) in [5, 5.41) is 12.9. The third kappa shape index (κ3) is 4.36. The van der Waals surface area contributed by atoms with Crippen molar-refractivity contribution in [2.75, 3.05) is 11.1 Å². The van der Waals surface area contributed by atoms with Gasteiger partial charge < -0.3 is 11.1 Å². The van der Waals surface area contributed by atoms with E-state index in [4.69, 9.17) is 11.1 Å². The zero-order valence-corrected chi connectivity index (χ0v) is 19.1. The summed E-state index contributed by atoms with van der Waals surface area (Å²) >= 11 is 0. The number of halogens is 1. The van der Waals surface area contributed by atoms with Crippen molar-refractivity contribution in [3.05, 3.63) is 87.9 Å². The van der Waals surface area contributed by atoms with Crippen molar-refractivity contribution in [1.82, 2.24) is 14.5 Å². The first-order chi connectivity index (χ1) is 16.9. The predicted molar refractivity (Wildman–Crippen MR) is 135 cm³/mol. The predicted octanol–water partition coefficient (Wildman–Crippen LogP) is 4.20. The second kappa shape index (κ2) is 9.03. The number of para-hydroxylation sites is 1. The second-order valence-corrected chi connectivity index (χ2v) is 8.52. The molecule has 174 valence electrons. The minimum absolute atomic E-state index is 0.0260. The van der Waals surface area contributed by atoms with Crippen LogP contribution in [-0.2, 0) is 6.54 Å². The van der Waals surface area contributed by atoms with Crippen LogP contribution >= 0.6 is 0 Å². The molecular weight excluding hydrogens is 443 g/mol. The number of benzene rings is 2. The average molecular weight is 467 g/mol. The monoisotopic (exact) mass is 466 g/mol. The Hall–Kier alpha value is -4.51. The van der Waals surface area contributed by atoms with Gasteiger partial charge >= 0.3 is 0 Å². The quantitative estimate of drug-likeness (QED) is 0.302. The number of hydrogen-bond acceptors (Lipinski definition) is 6. The molecule has 4 N–H and O–H groups in total. The van der Waals surface area contributed by atoms with Gasteiger partial charge in [-0.1, -0.05) is 36.3 Å². The van der Waals surface area contributed by atoms with Crippen LogP contribution in [0.4, 0.5) is 16.0 Å². The molecule has 35 heavy (non-hydrogen) atoms. The van der Waals surface area contributed by atoms with Gasteiger partial charge in [-0.3, -0.25) is 14.8 Å². The van der Waals surface area contributed by atoms with Gasteiger partial charge in [0.25, 0.3) is 5.56 Å². The first-order valence-electron chi connectivity index (χ1n) is 11.3. The molecule has 2 aromatic heterocycles. The molecule has 1 aliphatic carbocycles. The molecular formula is C27H23FN6O. The Balaban J connectivity index is 1.59. The van der Waals surface area contributed by atoms with Crippen molar-refractivity contribution >= 4 is 28.1 Å². The number of aromatic nitrogens is 3. The average Bonchev–Trinajstić information content (AvgIpc) is 3.67. The Bertz CT molecular complexity index is 1590. The third-order valence-electron chi connectivity index (χ3n) is 5.97. The van der Waals surface area contributed by atoms with Crippen LogP contribution in [0.5, 0.6) is 0 Å². The summed E-state index contributed by atoms with van der Waals surface area (Å²) in [6.07, 6.45) is 3.39. The molecule has 0 amide bonds. The highest BCUT2D eigenvalue weighted by atomic mass is 19.1. The minimum Gasteiger partial charge on any atom is -0.383 e. The van der Waals surface area contributed by atoms with Crippen molar-refractivity contribution in [1.29, 1.82) is 5.41 Å². The van der Waals surface area contributed by atoms with Gasteiger partial charge in [-0.25, -0.2) is 14.4 Å². The van der Waals surface area contributed by atoms with Crippen LogP contribution in [0.2, 0.25) is 0 Å². The van der Waals surface area contributed by atoms with Crippen LogP contribution in [0, 0.1) is 35.9 Å². The van der Waals surface area contributed by atoms with Crippen molar-refractivity contribution in [3.63, 3.8) is 0 Å². The number of anilines is 2. The summed E-state index contributed by atoms with van der Waals surface area (Å²) < 4.78 is 16.2. The topological polar surface area (TPSA) is 110 Å². The molecule has 0 unspecified atom stereocenters. The fourth-order valence-corrected chi connectivity index (χ4v) is 4.03. The summed E-state index contributed by atoms with van der Waals surface area (Å²) in [6, 6.07) is 13.6. The number of rotatable bonds is 5. The SMILES string of the molecule is Cc1cccc2cc(CNc3ncnc(N)c3C(=N)C#CC3CC3)n(-c3ccccc3F)c(=O)c12. The van der Waals surface area contributed by atoms with E-state index in [1.54, 1.807) is 18.2 Å². The Kier molecular flexibility index (Phi) is 5.75. The fourth-order valence-electron chi connectivity index (χ4n) is 4.03. The maximum absolute atomic E-state index is 14.8. The number of nitrogen functional groups attached to an aromatic ring is 1. The lowest BCUT2D eigenvalue weighted by molar-refractivity contribution is 0.614. The van der Waals surface area contributed by atoms with Crippen molar-refractivity contribution < 1.29 is 4.39 Å². The number of fused-ring (bicyclic) bond motifs is 1. The largest absolute Gasteiger partial charge is 0.383 e. The Morgan fingerprint density at radius 1 is 1.23 bits per heavy atom. The first kappa shape index (κ1) is 22.3. The van der Waals surface area contributed by atoms with Crippen LogP contribution in [0.3, 0.4) is 0 Å². The number of nitrogens with zero attached hydrogens (tertiary/aromatic N) is 3. The first-order valence-corrected chi connectivity index (χ1v) is 11.3. The molecule has 0 aliphatic heterocycles. The van der Waals surface area contributed by atoms with Crippen LogP contribution in [0.25, 0.3) is 16.5 Å². The Labute approximate surface area is 201 Å². The van der Waals surface area contributed by atoms with E-state index in [2.05, 4.69) is 27.1 Å². The van der Waals surface area contributed by atoms with Gasteiger partial charge in [-0.05, 0) is 54.8 Å². The fraction of sp³-hybridized carbons (Fsp3) is 0.185. The smallest absolute Gasteiger partial charge is 0.263 e. The van der Waals surface area contributed by atoms with Gasteiger partial charge in [0.15, 0.2) is 0 Å². The lowest BCUT2D eigenvalue weighted by Gasteiger charge is -2.18. The van der Waals surface area contributed by atoms with Crippen LogP contribution in [0.1, 0.15) is 29.7 Å². The van der Waals surface area contributed by atoms with Gasteiger partial charge in [0.1, 0.15) is 29.5 Å². The molecule has 0 bridgehead atoms. The highest BCUT2D eigenvalue weighted by Gasteiger charge is 2.20. The van der Waals surface area contributed by atoms with E-state index in [1.807, 2.05) is 31.2 Å². The van der Waals surface area contributed by atoms with Crippen LogP contribution in [0.15, 0.2) is 59.7 Å². The van der Waals surface area contributed by atoms with E-state index < -0.39 is 5.82 Å². The molecule has 0 saturated heterocycles. The molecule has 2 aromatic carbocycles. The van der Waals surface area contributed by atoms with Gasteiger partial charge in [0.2, 0.25) is 0 Å². The minimum atomic E-state index is -0.507. The Morgan fingerprint density at radius 2 is 2.03 bits per heavy atom. The molecule has 4 aromatic rings. The van der Waals surface area contributed by atoms with Crippen molar-refractivity contribution in [2.24, 2.45) is 5.92 Å². The van der Waals surface area contributed by atoms with Crippen molar-refractivity contribution in [3.8, 4) is 17.5 Å². The van der Waals surface area contributed by atoms with Crippen molar-refractivity contribution in [2.45, 2.75) is 26.3 Å². The van der Waals surface area contributed by atoms with E-state index in [9.17, 15) is 9.18 Å². The number of hydrogen-bond donors (Lipinski definition) is 3. The Morgan fingerprint density at radius 3 is 2.80 bits per heavy atom. The van der Waals surface area contributed by atoms with Gasteiger partial charge in [0, 0.05) is 11.6 Å². The number of nitrogens with one attached hydrogen (secondary N) is 2. The zero-order chi connectivity index (χ0) is 24.5. The van der Waals surface area contributed by atoms with Gasteiger partial charge in [0.05, 0.1) is 23.2 Å². The summed E-state index contributed by atoms with van der Waals surface area (Å²) in [4.78, 5) is 21.9. The van der Waals surface area contributed by atoms with E-state index >= 15 is 0 Å². The molecule has 7 nitrogen and oxygen atoms in total. The van der Waals surface area contributed by atoms with E-state index in [0.717, 1.165) is 23.8 Å². The number of aryl methyl sites for hydroxylation is 1. The second-order valence-electron chi connectivity index (χ2n) is 8.52. The molecule has 1 fully saturated rings. The summed E-state index contributed by atoms with van der Waals surface area (Å²) in [7, 11) is 0. The molecule has 1 saturated carbocycles. The maximum atomic E-state index is 14.8. The van der Waals surface area contributed by atoms with Gasteiger partial charge in [-0.2, -0.15) is 0 Å². The lowest BCUT2D eigenvalue weighted by atomic mass is 10.1. The lowest BCUT2D eigenvalue weighted by Crippen LogP contribution is -2.25. The highest BCUT2D eigenvalue weighted by Crippen LogP contribution is 2.28.